The van der Waals surface area contributed by atoms with Crippen molar-refractivity contribution in [2.24, 2.45) is 10.8 Å². The van der Waals surface area contributed by atoms with E-state index in [0.29, 0.717) is 0 Å². The van der Waals surface area contributed by atoms with Gasteiger partial charge in [-0.1, -0.05) is 52.0 Å². The van der Waals surface area contributed by atoms with E-state index in [1.165, 1.54) is 35.1 Å². The minimum absolute atomic E-state index is 0.246. The van der Waals surface area contributed by atoms with Gasteiger partial charge < -0.3 is 0 Å². The fourth-order valence-corrected chi connectivity index (χ4v) is 3.13. The fraction of sp³-hybridized carbons (Fsp3) is 0.625. The highest BCUT2D eigenvalue weighted by molar-refractivity contribution is 5.49. The first-order valence-electron chi connectivity index (χ1n) is 6.16. The summed E-state index contributed by atoms with van der Waals surface area (Å²) in [6.45, 7) is 21.9. The van der Waals surface area contributed by atoms with Crippen LogP contribution in [0, 0.1) is 10.8 Å². The summed E-state index contributed by atoms with van der Waals surface area (Å²) in [6.07, 6.45) is 2.47. The molecule has 0 aromatic rings. The maximum atomic E-state index is 4.17. The summed E-state index contributed by atoms with van der Waals surface area (Å²) in [6, 6.07) is 0. The number of hydrogen-bond acceptors (Lipinski definition) is 0. The lowest BCUT2D eigenvalue weighted by Gasteiger charge is -2.44. The molecule has 0 saturated carbocycles. The molecule has 0 aliphatic heterocycles. The van der Waals surface area contributed by atoms with Crippen LogP contribution >= 0.6 is 0 Å². The summed E-state index contributed by atoms with van der Waals surface area (Å²) in [7, 11) is 0. The molecule has 0 radical (unpaired) electrons. The SMILES string of the molecule is C=C(C)C1=C(C(=C)C)C(C)(C)CCC1(C)C. The van der Waals surface area contributed by atoms with Crippen LogP contribution in [0.3, 0.4) is 0 Å². The molecular formula is C16H26. The molecule has 90 valence electrons. The van der Waals surface area contributed by atoms with E-state index < -0.39 is 0 Å². The van der Waals surface area contributed by atoms with Crippen molar-refractivity contribution in [2.75, 3.05) is 0 Å². The summed E-state index contributed by atoms with van der Waals surface area (Å²) in [4.78, 5) is 0. The van der Waals surface area contributed by atoms with Gasteiger partial charge in [0.2, 0.25) is 0 Å². The fourth-order valence-electron chi connectivity index (χ4n) is 3.13. The maximum absolute atomic E-state index is 4.17. The van der Waals surface area contributed by atoms with Crippen molar-refractivity contribution in [2.45, 2.75) is 54.4 Å². The Morgan fingerprint density at radius 1 is 0.812 bits per heavy atom. The Balaban J connectivity index is 3.53. The van der Waals surface area contributed by atoms with E-state index in [4.69, 9.17) is 0 Å². The van der Waals surface area contributed by atoms with Crippen LogP contribution in [-0.4, -0.2) is 0 Å². The number of hydrogen-bond donors (Lipinski definition) is 0. The standard InChI is InChI=1S/C16H26/c1-11(2)13-14(12(3)4)16(7,8)10-9-15(13,5)6/h1,3,9-10H2,2,4-8H3. The molecule has 0 aromatic carbocycles. The zero-order valence-corrected chi connectivity index (χ0v) is 11.8. The molecule has 0 amide bonds. The molecule has 0 bridgehead atoms. The summed E-state index contributed by atoms with van der Waals surface area (Å²) >= 11 is 0. The Morgan fingerprint density at radius 2 is 1.06 bits per heavy atom. The van der Waals surface area contributed by atoms with Gasteiger partial charge in [0.25, 0.3) is 0 Å². The zero-order chi connectivity index (χ0) is 12.7. The Morgan fingerprint density at radius 3 is 1.25 bits per heavy atom. The largest absolute Gasteiger partial charge is 0.0958 e. The summed E-state index contributed by atoms with van der Waals surface area (Å²) in [5.41, 5.74) is 5.78. The Kier molecular flexibility index (Phi) is 3.24. The molecule has 0 spiro atoms. The molecule has 0 aromatic heterocycles. The number of rotatable bonds is 2. The van der Waals surface area contributed by atoms with Crippen molar-refractivity contribution in [1.29, 1.82) is 0 Å². The first kappa shape index (κ1) is 13.3. The van der Waals surface area contributed by atoms with Crippen molar-refractivity contribution in [3.63, 3.8) is 0 Å². The number of allylic oxidation sites excluding steroid dienone is 4. The third-order valence-electron chi connectivity index (χ3n) is 3.83. The van der Waals surface area contributed by atoms with Gasteiger partial charge in [0, 0.05) is 0 Å². The molecule has 0 atom stereocenters. The van der Waals surface area contributed by atoms with Crippen molar-refractivity contribution in [3.8, 4) is 0 Å². The van der Waals surface area contributed by atoms with E-state index in [2.05, 4.69) is 54.7 Å². The monoisotopic (exact) mass is 218 g/mol. The highest BCUT2D eigenvalue weighted by atomic mass is 14.4. The van der Waals surface area contributed by atoms with Crippen molar-refractivity contribution >= 4 is 0 Å². The Labute approximate surface area is 101 Å². The average Bonchev–Trinajstić information content (AvgIpc) is 2.07. The highest BCUT2D eigenvalue weighted by Crippen LogP contribution is 2.52. The van der Waals surface area contributed by atoms with Gasteiger partial charge in [-0.05, 0) is 48.7 Å². The topological polar surface area (TPSA) is 0 Å². The minimum atomic E-state index is 0.246. The van der Waals surface area contributed by atoms with Gasteiger partial charge in [0.15, 0.2) is 0 Å². The van der Waals surface area contributed by atoms with Gasteiger partial charge in [0.1, 0.15) is 0 Å². The minimum Gasteiger partial charge on any atom is -0.0958 e. The Hall–Kier alpha value is -0.780. The second-order valence-corrected chi connectivity index (χ2v) is 6.58. The maximum Gasteiger partial charge on any atom is -0.00978 e. The molecule has 0 nitrogen and oxygen atoms in total. The predicted octanol–water partition coefficient (Wildman–Crippen LogP) is 5.28. The first-order valence-corrected chi connectivity index (χ1v) is 6.16. The van der Waals surface area contributed by atoms with E-state index in [0.717, 1.165) is 0 Å². The smallest absolute Gasteiger partial charge is 0.00978 e. The molecule has 0 N–H and O–H groups in total. The van der Waals surface area contributed by atoms with Crippen molar-refractivity contribution in [1.82, 2.24) is 0 Å². The molecule has 0 heteroatoms. The zero-order valence-electron chi connectivity index (χ0n) is 11.8. The van der Waals surface area contributed by atoms with E-state index in [1.54, 1.807) is 0 Å². The van der Waals surface area contributed by atoms with Crippen molar-refractivity contribution in [3.05, 3.63) is 35.5 Å². The molecule has 16 heavy (non-hydrogen) atoms. The summed E-state index contributed by atoms with van der Waals surface area (Å²) in [5, 5.41) is 0. The van der Waals surface area contributed by atoms with Crippen LogP contribution in [0.25, 0.3) is 0 Å². The van der Waals surface area contributed by atoms with E-state index in [-0.39, 0.29) is 10.8 Å². The first-order chi connectivity index (χ1) is 7.09. The average molecular weight is 218 g/mol. The van der Waals surface area contributed by atoms with Crippen LogP contribution in [-0.2, 0) is 0 Å². The second-order valence-electron chi connectivity index (χ2n) is 6.58. The molecular weight excluding hydrogens is 192 g/mol. The van der Waals surface area contributed by atoms with Crippen LogP contribution in [0.5, 0.6) is 0 Å². The van der Waals surface area contributed by atoms with E-state index in [1.807, 2.05) is 0 Å². The van der Waals surface area contributed by atoms with Gasteiger partial charge in [-0.2, -0.15) is 0 Å². The lowest BCUT2D eigenvalue weighted by atomic mass is 9.60. The van der Waals surface area contributed by atoms with Crippen LogP contribution in [0.15, 0.2) is 35.5 Å². The molecule has 0 fully saturated rings. The summed E-state index contributed by atoms with van der Waals surface area (Å²) in [5.74, 6) is 0. The molecule has 1 rings (SSSR count). The van der Waals surface area contributed by atoms with Gasteiger partial charge in [-0.3, -0.25) is 0 Å². The van der Waals surface area contributed by atoms with Crippen LogP contribution in [0.1, 0.15) is 54.4 Å². The molecule has 0 heterocycles. The van der Waals surface area contributed by atoms with E-state index >= 15 is 0 Å². The second kappa shape index (κ2) is 3.91. The van der Waals surface area contributed by atoms with Crippen LogP contribution in [0.4, 0.5) is 0 Å². The molecule has 1 aliphatic carbocycles. The molecule has 1 aliphatic rings. The highest BCUT2D eigenvalue weighted by Gasteiger charge is 2.39. The van der Waals surface area contributed by atoms with Crippen LogP contribution in [0.2, 0.25) is 0 Å². The van der Waals surface area contributed by atoms with E-state index in [9.17, 15) is 0 Å². The van der Waals surface area contributed by atoms with Gasteiger partial charge in [-0.15, -0.1) is 0 Å². The lowest BCUT2D eigenvalue weighted by molar-refractivity contribution is 0.268. The summed E-state index contributed by atoms with van der Waals surface area (Å²) < 4.78 is 0. The van der Waals surface area contributed by atoms with Gasteiger partial charge in [-0.25, -0.2) is 0 Å². The molecule has 0 unspecified atom stereocenters. The van der Waals surface area contributed by atoms with Crippen molar-refractivity contribution < 1.29 is 0 Å². The third-order valence-corrected chi connectivity index (χ3v) is 3.83. The molecule has 0 saturated heterocycles. The third kappa shape index (κ3) is 2.16. The van der Waals surface area contributed by atoms with Gasteiger partial charge in [0.05, 0.1) is 0 Å². The lowest BCUT2D eigenvalue weighted by Crippen LogP contribution is -2.31. The quantitative estimate of drug-likeness (QED) is 0.591. The van der Waals surface area contributed by atoms with Crippen LogP contribution < -0.4 is 0 Å². The normalized spacial score (nSPS) is 23.1. The predicted molar refractivity (Wildman–Crippen MR) is 73.5 cm³/mol. The Bertz CT molecular complexity index is 325. The van der Waals surface area contributed by atoms with Gasteiger partial charge >= 0.3 is 0 Å².